The first kappa shape index (κ1) is 13.3. The van der Waals surface area contributed by atoms with Crippen molar-refractivity contribution in [2.75, 3.05) is 6.54 Å². The number of hydrogen-bond donors (Lipinski definition) is 2. The summed E-state index contributed by atoms with van der Waals surface area (Å²) in [6, 6.07) is 2.70. The molecule has 0 aliphatic carbocycles. The largest absolute Gasteiger partial charge is 0.401 e. The Morgan fingerprint density at radius 2 is 2.06 bits per heavy atom. The fourth-order valence-corrected chi connectivity index (χ4v) is 1.80. The number of halogens is 5. The number of aromatic nitrogens is 2. The number of hydrogen-bond acceptors (Lipinski definition) is 2. The summed E-state index contributed by atoms with van der Waals surface area (Å²) in [5.74, 6) is -0.132. The van der Waals surface area contributed by atoms with Crippen molar-refractivity contribution < 1.29 is 17.6 Å². The van der Waals surface area contributed by atoms with Gasteiger partial charge in [0.05, 0.1) is 28.6 Å². The van der Waals surface area contributed by atoms with Gasteiger partial charge in [-0.25, -0.2) is 9.37 Å². The zero-order chi connectivity index (χ0) is 13.3. The van der Waals surface area contributed by atoms with Gasteiger partial charge in [-0.1, -0.05) is 0 Å². The van der Waals surface area contributed by atoms with Crippen molar-refractivity contribution in [2.24, 2.45) is 0 Å². The topological polar surface area (TPSA) is 40.7 Å². The summed E-state index contributed by atoms with van der Waals surface area (Å²) in [5, 5.41) is 2.21. The van der Waals surface area contributed by atoms with Gasteiger partial charge in [0, 0.05) is 6.07 Å². The summed E-state index contributed by atoms with van der Waals surface area (Å²) in [5.41, 5.74) is 0.937. The molecule has 2 aromatic rings. The number of benzene rings is 1. The second-order valence-corrected chi connectivity index (χ2v) is 4.54. The minimum absolute atomic E-state index is 0.0621. The number of imidazole rings is 1. The molecule has 0 bridgehead atoms. The first-order valence-corrected chi connectivity index (χ1v) is 5.75. The van der Waals surface area contributed by atoms with Crippen molar-refractivity contribution in [3.8, 4) is 0 Å². The number of fused-ring (bicyclic) bond motifs is 1. The lowest BCUT2D eigenvalue weighted by Gasteiger charge is -2.05. The second-order valence-electron chi connectivity index (χ2n) is 3.69. The molecule has 0 unspecified atom stereocenters. The molecule has 0 atom stereocenters. The third-order valence-corrected chi connectivity index (χ3v) is 2.80. The summed E-state index contributed by atoms with van der Waals surface area (Å²) in [7, 11) is 0. The van der Waals surface area contributed by atoms with Crippen molar-refractivity contribution in [3.63, 3.8) is 0 Å². The molecule has 18 heavy (non-hydrogen) atoms. The number of rotatable bonds is 3. The van der Waals surface area contributed by atoms with Gasteiger partial charge in [-0.2, -0.15) is 13.2 Å². The van der Waals surface area contributed by atoms with Gasteiger partial charge in [0.2, 0.25) is 0 Å². The Bertz CT molecular complexity index is 525. The molecule has 98 valence electrons. The van der Waals surface area contributed by atoms with Crippen LogP contribution in [0.2, 0.25) is 0 Å². The molecule has 0 aliphatic rings. The van der Waals surface area contributed by atoms with E-state index in [1.165, 1.54) is 12.1 Å². The van der Waals surface area contributed by atoms with Gasteiger partial charge in [0.1, 0.15) is 11.6 Å². The maximum absolute atomic E-state index is 13.2. The van der Waals surface area contributed by atoms with Crippen LogP contribution in [-0.2, 0) is 6.54 Å². The molecule has 8 heteroatoms. The lowest BCUT2D eigenvalue weighted by atomic mass is 10.3. The average molecular weight is 326 g/mol. The van der Waals surface area contributed by atoms with E-state index in [4.69, 9.17) is 0 Å². The van der Waals surface area contributed by atoms with Crippen LogP contribution in [0.25, 0.3) is 11.0 Å². The van der Waals surface area contributed by atoms with Crippen LogP contribution in [0.3, 0.4) is 0 Å². The van der Waals surface area contributed by atoms with Gasteiger partial charge in [0.25, 0.3) is 0 Å². The van der Waals surface area contributed by atoms with E-state index in [0.717, 1.165) is 0 Å². The fraction of sp³-hybridized carbons (Fsp3) is 0.300. The van der Waals surface area contributed by atoms with Crippen LogP contribution in [-0.4, -0.2) is 22.7 Å². The summed E-state index contributed by atoms with van der Waals surface area (Å²) < 4.78 is 49.2. The highest BCUT2D eigenvalue weighted by Crippen LogP contribution is 2.21. The molecule has 0 aliphatic heterocycles. The third-order valence-electron chi connectivity index (χ3n) is 2.19. The Balaban J connectivity index is 2.11. The lowest BCUT2D eigenvalue weighted by Crippen LogP contribution is -2.28. The molecular formula is C10H8BrF4N3. The quantitative estimate of drug-likeness (QED) is 0.851. The maximum Gasteiger partial charge on any atom is 0.401 e. The predicted molar refractivity (Wildman–Crippen MR) is 61.5 cm³/mol. The van der Waals surface area contributed by atoms with E-state index in [1.54, 1.807) is 0 Å². The van der Waals surface area contributed by atoms with E-state index in [-0.39, 0.29) is 11.0 Å². The molecule has 2 N–H and O–H groups in total. The Morgan fingerprint density at radius 1 is 1.33 bits per heavy atom. The minimum Gasteiger partial charge on any atom is -0.341 e. The first-order chi connectivity index (χ1) is 8.35. The molecule has 1 heterocycles. The molecular weight excluding hydrogens is 318 g/mol. The van der Waals surface area contributed by atoms with Crippen molar-refractivity contribution in [1.29, 1.82) is 0 Å². The Kier molecular flexibility index (Phi) is 3.58. The van der Waals surface area contributed by atoms with Gasteiger partial charge in [-0.15, -0.1) is 0 Å². The molecule has 3 nitrogen and oxygen atoms in total. The molecule has 0 fully saturated rings. The molecule has 2 rings (SSSR count). The van der Waals surface area contributed by atoms with E-state index in [1.807, 2.05) is 0 Å². The van der Waals surface area contributed by atoms with Crippen LogP contribution in [0.1, 0.15) is 5.82 Å². The van der Waals surface area contributed by atoms with E-state index in [9.17, 15) is 17.6 Å². The van der Waals surface area contributed by atoms with Gasteiger partial charge in [-0.05, 0) is 22.0 Å². The standard InChI is InChI=1S/C10H8BrF4N3/c11-5-1-7-8(2-6(5)12)18-9(17-7)3-16-4-10(13,14)15/h1-2,16H,3-4H2,(H,17,18). The van der Waals surface area contributed by atoms with Gasteiger partial charge < -0.3 is 10.3 Å². The lowest BCUT2D eigenvalue weighted by molar-refractivity contribution is -0.125. The highest BCUT2D eigenvalue weighted by atomic mass is 79.9. The van der Waals surface area contributed by atoms with Crippen LogP contribution >= 0.6 is 15.9 Å². The molecule has 0 amide bonds. The van der Waals surface area contributed by atoms with Crippen molar-refractivity contribution in [3.05, 3.63) is 28.2 Å². The smallest absolute Gasteiger partial charge is 0.341 e. The summed E-state index contributed by atoms with van der Waals surface area (Å²) in [6.07, 6.45) is -4.26. The zero-order valence-electron chi connectivity index (χ0n) is 8.91. The molecule has 1 aromatic carbocycles. The summed E-state index contributed by atoms with van der Waals surface area (Å²) in [4.78, 5) is 6.80. The number of H-pyrrole nitrogens is 1. The fourth-order valence-electron chi connectivity index (χ4n) is 1.46. The summed E-state index contributed by atoms with van der Waals surface area (Å²) >= 11 is 3.01. The first-order valence-electron chi connectivity index (χ1n) is 4.96. The van der Waals surface area contributed by atoms with Crippen molar-refractivity contribution >= 4 is 27.0 Å². The number of aromatic amines is 1. The summed E-state index contributed by atoms with van der Waals surface area (Å²) in [6.45, 7) is -1.16. The van der Waals surface area contributed by atoms with E-state index >= 15 is 0 Å². The highest BCUT2D eigenvalue weighted by Gasteiger charge is 2.26. The van der Waals surface area contributed by atoms with Crippen molar-refractivity contribution in [1.82, 2.24) is 15.3 Å². The molecule has 0 spiro atoms. The van der Waals surface area contributed by atoms with Crippen LogP contribution < -0.4 is 5.32 Å². The molecule has 1 aromatic heterocycles. The second kappa shape index (κ2) is 4.85. The predicted octanol–water partition coefficient (Wildman–Crippen LogP) is 3.12. The van der Waals surface area contributed by atoms with E-state index < -0.39 is 18.5 Å². The normalized spacial score (nSPS) is 12.3. The van der Waals surface area contributed by atoms with Crippen LogP contribution in [0.15, 0.2) is 16.6 Å². The number of nitrogens with one attached hydrogen (secondary N) is 2. The van der Waals surface area contributed by atoms with Crippen LogP contribution in [0.5, 0.6) is 0 Å². The van der Waals surface area contributed by atoms with Gasteiger partial charge in [0.15, 0.2) is 0 Å². The maximum atomic E-state index is 13.2. The SMILES string of the molecule is Fc1cc2[nH]c(CNCC(F)(F)F)nc2cc1Br. The Hall–Kier alpha value is -1.15. The van der Waals surface area contributed by atoms with E-state index in [2.05, 4.69) is 31.2 Å². The van der Waals surface area contributed by atoms with Crippen LogP contribution in [0.4, 0.5) is 17.6 Å². The molecule has 0 saturated heterocycles. The minimum atomic E-state index is -4.26. The Morgan fingerprint density at radius 3 is 2.72 bits per heavy atom. The van der Waals surface area contributed by atoms with Crippen molar-refractivity contribution in [2.45, 2.75) is 12.7 Å². The van der Waals surface area contributed by atoms with Crippen LogP contribution in [0, 0.1) is 5.82 Å². The Labute approximate surface area is 108 Å². The zero-order valence-corrected chi connectivity index (χ0v) is 10.5. The highest BCUT2D eigenvalue weighted by molar-refractivity contribution is 9.10. The molecule has 0 radical (unpaired) electrons. The van der Waals surface area contributed by atoms with E-state index in [0.29, 0.717) is 16.9 Å². The number of alkyl halides is 3. The third kappa shape index (κ3) is 3.20. The average Bonchev–Trinajstić information content (AvgIpc) is 2.58. The number of nitrogens with zero attached hydrogens (tertiary/aromatic N) is 1. The van der Waals surface area contributed by atoms with Gasteiger partial charge in [-0.3, -0.25) is 0 Å². The monoisotopic (exact) mass is 325 g/mol. The molecule has 0 saturated carbocycles. The van der Waals surface area contributed by atoms with Gasteiger partial charge >= 0.3 is 6.18 Å².